The minimum absolute atomic E-state index is 0.616. The largest absolute Gasteiger partial charge is 0.399 e. The maximum absolute atomic E-state index is 5.88. The quantitative estimate of drug-likeness (QED) is 0.843. The van der Waals surface area contributed by atoms with Crippen molar-refractivity contribution < 1.29 is 0 Å². The van der Waals surface area contributed by atoms with Gasteiger partial charge < -0.3 is 5.73 Å². The third-order valence-electron chi connectivity index (χ3n) is 4.83. The molecule has 0 radical (unpaired) electrons. The highest BCUT2D eigenvalue weighted by Gasteiger charge is 2.36. The van der Waals surface area contributed by atoms with Crippen LogP contribution in [0.25, 0.3) is 0 Å². The molecule has 0 saturated carbocycles. The second-order valence-electron chi connectivity index (χ2n) is 6.07. The number of rotatable bonds is 2. The molecule has 2 N–H and O–H groups in total. The summed E-state index contributed by atoms with van der Waals surface area (Å²) in [7, 11) is 0. The number of aryl methyl sites for hydroxylation is 1. The summed E-state index contributed by atoms with van der Waals surface area (Å²) in [5, 5.41) is 0. The van der Waals surface area contributed by atoms with Crippen LogP contribution >= 0.6 is 0 Å². The van der Waals surface area contributed by atoms with Crippen LogP contribution in [0.4, 0.5) is 5.69 Å². The molecule has 1 aliphatic heterocycles. The molecule has 1 fully saturated rings. The standard InChI is InChI=1S/C18H20N2/c19-16-7-8-17-14(10-16)6-9-18(17)20-11-15(12-20)13-4-2-1-3-5-13/h1-5,7-8,10,15,18H,6,9,11-12,19H2. The molecule has 0 bridgehead atoms. The lowest BCUT2D eigenvalue weighted by Crippen LogP contribution is -2.46. The molecule has 1 heterocycles. The van der Waals surface area contributed by atoms with Gasteiger partial charge in [0.15, 0.2) is 0 Å². The van der Waals surface area contributed by atoms with Crippen molar-refractivity contribution in [3.05, 3.63) is 65.2 Å². The molecule has 0 amide bonds. The molecule has 2 aromatic rings. The summed E-state index contributed by atoms with van der Waals surface area (Å²) in [6, 6.07) is 17.9. The Morgan fingerprint density at radius 1 is 1.00 bits per heavy atom. The number of likely N-dealkylation sites (tertiary alicyclic amines) is 1. The van der Waals surface area contributed by atoms with Crippen molar-refractivity contribution in [2.24, 2.45) is 0 Å². The Hall–Kier alpha value is -1.80. The molecule has 1 unspecified atom stereocenters. The van der Waals surface area contributed by atoms with E-state index in [4.69, 9.17) is 5.73 Å². The van der Waals surface area contributed by atoms with Crippen LogP contribution in [0.3, 0.4) is 0 Å². The predicted molar refractivity (Wildman–Crippen MR) is 82.7 cm³/mol. The van der Waals surface area contributed by atoms with Crippen molar-refractivity contribution >= 4 is 5.69 Å². The van der Waals surface area contributed by atoms with Gasteiger partial charge in [-0.05, 0) is 41.7 Å². The maximum atomic E-state index is 5.88. The first-order valence-corrected chi connectivity index (χ1v) is 7.48. The van der Waals surface area contributed by atoms with Crippen LogP contribution in [0.1, 0.15) is 35.1 Å². The topological polar surface area (TPSA) is 29.3 Å². The highest BCUT2D eigenvalue weighted by Crippen LogP contribution is 2.42. The Morgan fingerprint density at radius 3 is 2.60 bits per heavy atom. The van der Waals surface area contributed by atoms with Crippen molar-refractivity contribution in [1.82, 2.24) is 4.90 Å². The molecular formula is C18H20N2. The van der Waals surface area contributed by atoms with E-state index in [1.165, 1.54) is 42.6 Å². The fourth-order valence-corrected chi connectivity index (χ4v) is 3.70. The van der Waals surface area contributed by atoms with Crippen LogP contribution in [-0.2, 0) is 6.42 Å². The Balaban J connectivity index is 1.48. The molecule has 2 aliphatic rings. The number of benzene rings is 2. The van der Waals surface area contributed by atoms with E-state index in [-0.39, 0.29) is 0 Å². The zero-order chi connectivity index (χ0) is 13.5. The lowest BCUT2D eigenvalue weighted by molar-refractivity contribution is 0.0915. The zero-order valence-corrected chi connectivity index (χ0v) is 11.6. The van der Waals surface area contributed by atoms with Gasteiger partial charge in [-0.15, -0.1) is 0 Å². The van der Waals surface area contributed by atoms with Crippen LogP contribution in [0.2, 0.25) is 0 Å². The van der Waals surface area contributed by atoms with Gasteiger partial charge in [-0.1, -0.05) is 36.4 Å². The van der Waals surface area contributed by atoms with Crippen LogP contribution in [-0.4, -0.2) is 18.0 Å². The molecule has 1 saturated heterocycles. The van der Waals surface area contributed by atoms with Crippen molar-refractivity contribution in [3.8, 4) is 0 Å². The molecule has 4 rings (SSSR count). The van der Waals surface area contributed by atoms with Gasteiger partial charge in [-0.2, -0.15) is 0 Å². The van der Waals surface area contributed by atoms with E-state index in [0.29, 0.717) is 12.0 Å². The maximum Gasteiger partial charge on any atom is 0.0354 e. The molecule has 2 heteroatoms. The molecule has 2 aromatic carbocycles. The summed E-state index contributed by atoms with van der Waals surface area (Å²) in [6.07, 6.45) is 2.43. The van der Waals surface area contributed by atoms with Crippen molar-refractivity contribution in [3.63, 3.8) is 0 Å². The number of nitrogen functional groups attached to an aromatic ring is 1. The number of hydrogen-bond acceptors (Lipinski definition) is 2. The molecule has 102 valence electrons. The highest BCUT2D eigenvalue weighted by molar-refractivity contribution is 5.48. The van der Waals surface area contributed by atoms with Gasteiger partial charge in [0.05, 0.1) is 0 Å². The van der Waals surface area contributed by atoms with Gasteiger partial charge in [0.25, 0.3) is 0 Å². The minimum atomic E-state index is 0.616. The van der Waals surface area contributed by atoms with Crippen molar-refractivity contribution in [1.29, 1.82) is 0 Å². The summed E-state index contributed by atoms with van der Waals surface area (Å²) < 4.78 is 0. The SMILES string of the molecule is Nc1ccc2c(c1)CCC2N1CC(c2ccccc2)C1. The van der Waals surface area contributed by atoms with E-state index in [0.717, 1.165) is 5.69 Å². The van der Waals surface area contributed by atoms with E-state index < -0.39 is 0 Å². The van der Waals surface area contributed by atoms with Gasteiger partial charge in [-0.3, -0.25) is 4.90 Å². The normalized spacial score (nSPS) is 22.5. The van der Waals surface area contributed by atoms with Crippen molar-refractivity contribution in [2.75, 3.05) is 18.8 Å². The smallest absolute Gasteiger partial charge is 0.0354 e. The van der Waals surface area contributed by atoms with E-state index in [1.807, 2.05) is 6.07 Å². The van der Waals surface area contributed by atoms with Crippen molar-refractivity contribution in [2.45, 2.75) is 24.8 Å². The van der Waals surface area contributed by atoms with E-state index in [1.54, 1.807) is 0 Å². The second-order valence-corrected chi connectivity index (χ2v) is 6.07. The summed E-state index contributed by atoms with van der Waals surface area (Å²) in [6.45, 7) is 2.39. The minimum Gasteiger partial charge on any atom is -0.399 e. The van der Waals surface area contributed by atoms with Gasteiger partial charge in [0.2, 0.25) is 0 Å². The number of nitrogens with zero attached hydrogens (tertiary/aromatic N) is 1. The Labute approximate surface area is 120 Å². The fourth-order valence-electron chi connectivity index (χ4n) is 3.70. The van der Waals surface area contributed by atoms with Crippen LogP contribution in [0.5, 0.6) is 0 Å². The van der Waals surface area contributed by atoms with Gasteiger partial charge in [0, 0.05) is 30.7 Å². The summed E-state index contributed by atoms with van der Waals surface area (Å²) in [4.78, 5) is 2.62. The third-order valence-corrected chi connectivity index (χ3v) is 4.83. The first-order valence-electron chi connectivity index (χ1n) is 7.48. The van der Waals surface area contributed by atoms with E-state index in [2.05, 4.69) is 47.4 Å². The van der Waals surface area contributed by atoms with Crippen LogP contribution < -0.4 is 5.73 Å². The monoisotopic (exact) mass is 264 g/mol. The molecule has 0 aromatic heterocycles. The second kappa shape index (κ2) is 4.64. The average Bonchev–Trinajstić information content (AvgIpc) is 2.81. The van der Waals surface area contributed by atoms with Crippen LogP contribution in [0, 0.1) is 0 Å². The van der Waals surface area contributed by atoms with Gasteiger partial charge in [0.1, 0.15) is 0 Å². The molecular weight excluding hydrogens is 244 g/mol. The average molecular weight is 264 g/mol. The Bertz CT molecular complexity index is 615. The lowest BCUT2D eigenvalue weighted by atomic mass is 9.89. The summed E-state index contributed by atoms with van der Waals surface area (Å²) >= 11 is 0. The Morgan fingerprint density at radius 2 is 1.80 bits per heavy atom. The number of anilines is 1. The van der Waals surface area contributed by atoms with E-state index in [9.17, 15) is 0 Å². The molecule has 1 aliphatic carbocycles. The fraction of sp³-hybridized carbons (Fsp3) is 0.333. The first-order chi connectivity index (χ1) is 9.81. The van der Waals surface area contributed by atoms with Gasteiger partial charge >= 0.3 is 0 Å². The predicted octanol–water partition coefficient (Wildman–Crippen LogP) is 3.36. The molecule has 0 spiro atoms. The molecule has 2 nitrogen and oxygen atoms in total. The number of nitrogens with two attached hydrogens (primary N) is 1. The molecule has 20 heavy (non-hydrogen) atoms. The lowest BCUT2D eigenvalue weighted by Gasteiger charge is -2.44. The third kappa shape index (κ3) is 1.92. The number of fused-ring (bicyclic) bond motifs is 1. The first kappa shape index (κ1) is 12.0. The molecule has 1 atom stereocenters. The highest BCUT2D eigenvalue weighted by atomic mass is 15.2. The van der Waals surface area contributed by atoms with Crippen LogP contribution in [0.15, 0.2) is 48.5 Å². The summed E-state index contributed by atoms with van der Waals surface area (Å²) in [5.41, 5.74) is 11.2. The van der Waals surface area contributed by atoms with Gasteiger partial charge in [-0.25, -0.2) is 0 Å². The van der Waals surface area contributed by atoms with E-state index >= 15 is 0 Å². The Kier molecular flexibility index (Phi) is 2.78. The number of hydrogen-bond donors (Lipinski definition) is 1. The summed E-state index contributed by atoms with van der Waals surface area (Å²) in [5.74, 6) is 0.717. The zero-order valence-electron chi connectivity index (χ0n) is 11.6.